The Morgan fingerprint density at radius 1 is 0.606 bits per heavy atom. The van der Waals surface area contributed by atoms with Gasteiger partial charge in [-0.3, -0.25) is 38.4 Å². The van der Waals surface area contributed by atoms with E-state index in [1.807, 2.05) is 27.7 Å². The number of hydrogen-bond donors (Lipinski definition) is 12. The normalized spacial score (nSPS) is 21.1. The number of nitrogens with zero attached hydrogens (tertiary/aromatic N) is 1. The second-order valence-corrected chi connectivity index (χ2v) is 19.5. The Bertz CT molecular complexity index is 1640. The Morgan fingerprint density at radius 3 is 1.65 bits per heavy atom. The van der Waals surface area contributed by atoms with E-state index in [-0.39, 0.29) is 75.1 Å². The Kier molecular flexibility index (Phi) is 34.1. The molecular formula is C49H92N12O10. The number of aliphatic carboxylic acids is 1. The van der Waals surface area contributed by atoms with Crippen molar-refractivity contribution in [1.82, 2.24) is 42.1 Å². The molecule has 0 bridgehead atoms. The van der Waals surface area contributed by atoms with Crippen LogP contribution in [0.1, 0.15) is 163 Å². The molecule has 1 aliphatic heterocycles. The molecule has 1 heterocycles. The molecule has 0 aromatic carbocycles. The highest BCUT2D eigenvalue weighted by molar-refractivity contribution is 5.96. The van der Waals surface area contributed by atoms with E-state index < -0.39 is 84.2 Å². The highest BCUT2D eigenvalue weighted by atomic mass is 16.4. The van der Waals surface area contributed by atoms with Crippen molar-refractivity contribution in [2.45, 2.75) is 199 Å². The number of carboxylic acids is 1. The van der Waals surface area contributed by atoms with Crippen molar-refractivity contribution in [2.24, 2.45) is 34.8 Å². The molecule has 1 rings (SSSR count). The highest BCUT2D eigenvalue weighted by Crippen LogP contribution is 2.14. The molecular weight excluding hydrogens is 917 g/mol. The molecule has 0 radical (unpaired) electrons. The lowest BCUT2D eigenvalue weighted by atomic mass is 10.0. The minimum atomic E-state index is -1.21. The third-order valence-corrected chi connectivity index (χ3v) is 12.3. The molecule has 408 valence electrons. The summed E-state index contributed by atoms with van der Waals surface area (Å²) in [6.07, 6.45) is 7.96. The average Bonchev–Trinajstić information content (AvgIpc) is 3.31. The largest absolute Gasteiger partial charge is 0.480 e. The molecule has 1 fully saturated rings. The predicted molar refractivity (Wildman–Crippen MR) is 272 cm³/mol. The monoisotopic (exact) mass is 1010 g/mol. The first-order valence-electron chi connectivity index (χ1n) is 26.3. The maximum absolute atomic E-state index is 14.7. The predicted octanol–water partition coefficient (Wildman–Crippen LogP) is 0.277. The number of amides is 8. The Hall–Kier alpha value is -4.93. The minimum Gasteiger partial charge on any atom is -0.480 e. The van der Waals surface area contributed by atoms with Gasteiger partial charge in [-0.05, 0) is 147 Å². The molecule has 0 unspecified atom stereocenters. The second kappa shape index (κ2) is 37.8. The molecule has 0 spiro atoms. The summed E-state index contributed by atoms with van der Waals surface area (Å²) < 4.78 is 0. The van der Waals surface area contributed by atoms with Crippen molar-refractivity contribution in [3.8, 4) is 0 Å². The van der Waals surface area contributed by atoms with E-state index in [1.54, 1.807) is 0 Å². The quantitative estimate of drug-likeness (QED) is 0.0547. The molecule has 71 heavy (non-hydrogen) atoms. The van der Waals surface area contributed by atoms with Crippen LogP contribution >= 0.6 is 0 Å². The second-order valence-electron chi connectivity index (χ2n) is 19.5. The van der Waals surface area contributed by atoms with Gasteiger partial charge in [-0.25, -0.2) is 4.79 Å². The standard InChI is InChI=1S/C49H92N12O10/c1-33(2)31-39(49(70)71)59-45(66)36(20-10-14-26-51)56-42(64)32-61-30-18-6-5-17-29-54-47(68)43(34(3)4)60-41(63)24-8-7-23-40(62)55-35(19-9-13-25-50)44(65)57-37(21-11-15-27-52)46(67)58-38(48(61)69)22-12-16-28-53/h33-39,43H,5-32,50-53H2,1-4H3,(H,54,68)(H,55,62)(H,56,64)(H,57,65)(H,58,67)(H,59,66)(H,60,63)(H,70,71)/t35-,36-,37-,38-,39-,43-/m0/s1. The van der Waals surface area contributed by atoms with Gasteiger partial charge in [0.05, 0.1) is 6.54 Å². The van der Waals surface area contributed by atoms with Gasteiger partial charge in [0, 0.05) is 25.9 Å². The van der Waals surface area contributed by atoms with E-state index in [2.05, 4.69) is 37.2 Å². The van der Waals surface area contributed by atoms with Crippen molar-refractivity contribution < 1.29 is 48.3 Å². The zero-order valence-electron chi connectivity index (χ0n) is 43.3. The zero-order chi connectivity index (χ0) is 53.1. The Labute approximate surface area is 421 Å². The molecule has 22 nitrogen and oxygen atoms in total. The van der Waals surface area contributed by atoms with E-state index in [9.17, 15) is 48.3 Å². The number of nitrogens with two attached hydrogens (primary N) is 4. The van der Waals surface area contributed by atoms with Crippen LogP contribution in [0.25, 0.3) is 0 Å². The van der Waals surface area contributed by atoms with Crippen molar-refractivity contribution in [3.63, 3.8) is 0 Å². The van der Waals surface area contributed by atoms with E-state index in [1.165, 1.54) is 4.90 Å². The summed E-state index contributed by atoms with van der Waals surface area (Å²) in [4.78, 5) is 123. The third-order valence-electron chi connectivity index (χ3n) is 12.3. The number of unbranched alkanes of at least 4 members (excludes halogenated alkanes) is 4. The fourth-order valence-corrected chi connectivity index (χ4v) is 8.17. The van der Waals surface area contributed by atoms with Gasteiger partial charge in [-0.15, -0.1) is 0 Å². The summed E-state index contributed by atoms with van der Waals surface area (Å²) in [7, 11) is 0. The highest BCUT2D eigenvalue weighted by Gasteiger charge is 2.33. The summed E-state index contributed by atoms with van der Waals surface area (Å²) in [5, 5.41) is 29.3. The molecule has 6 atom stereocenters. The topological polar surface area (TPSA) is 365 Å². The lowest BCUT2D eigenvalue weighted by Gasteiger charge is -2.30. The van der Waals surface area contributed by atoms with Gasteiger partial charge < -0.3 is 70.2 Å². The molecule has 1 saturated heterocycles. The number of carbonyl (C=O) groups is 9. The van der Waals surface area contributed by atoms with Crippen LogP contribution < -0.4 is 60.2 Å². The number of rotatable bonds is 25. The van der Waals surface area contributed by atoms with Crippen molar-refractivity contribution in [1.29, 1.82) is 0 Å². The maximum Gasteiger partial charge on any atom is 0.326 e. The van der Waals surface area contributed by atoms with Crippen molar-refractivity contribution in [3.05, 3.63) is 0 Å². The van der Waals surface area contributed by atoms with Crippen LogP contribution in [0.15, 0.2) is 0 Å². The molecule has 0 aliphatic carbocycles. The van der Waals surface area contributed by atoms with Crippen LogP contribution in [0.3, 0.4) is 0 Å². The first-order chi connectivity index (χ1) is 33.9. The van der Waals surface area contributed by atoms with E-state index >= 15 is 0 Å². The maximum atomic E-state index is 14.7. The molecule has 8 amide bonds. The smallest absolute Gasteiger partial charge is 0.326 e. The van der Waals surface area contributed by atoms with Gasteiger partial charge in [0.25, 0.3) is 0 Å². The van der Waals surface area contributed by atoms with Gasteiger partial charge in [0.1, 0.15) is 36.3 Å². The van der Waals surface area contributed by atoms with Crippen LogP contribution in [0.2, 0.25) is 0 Å². The molecule has 0 aromatic rings. The summed E-state index contributed by atoms with van der Waals surface area (Å²) >= 11 is 0. The molecule has 0 saturated carbocycles. The summed E-state index contributed by atoms with van der Waals surface area (Å²) in [6.45, 7) is 8.56. The van der Waals surface area contributed by atoms with Crippen molar-refractivity contribution >= 4 is 53.2 Å². The van der Waals surface area contributed by atoms with Crippen LogP contribution in [-0.4, -0.2) is 145 Å². The third kappa shape index (κ3) is 28.0. The molecule has 0 aromatic heterocycles. The van der Waals surface area contributed by atoms with Gasteiger partial charge in [-0.1, -0.05) is 40.5 Å². The summed E-state index contributed by atoms with van der Waals surface area (Å²) in [5.74, 6) is -5.73. The van der Waals surface area contributed by atoms with Crippen LogP contribution in [0.5, 0.6) is 0 Å². The van der Waals surface area contributed by atoms with Gasteiger partial charge in [-0.2, -0.15) is 0 Å². The number of nitrogens with one attached hydrogen (secondary N) is 7. The summed E-state index contributed by atoms with van der Waals surface area (Å²) in [5.41, 5.74) is 23.1. The molecule has 1 aliphatic rings. The first-order valence-corrected chi connectivity index (χ1v) is 26.3. The first kappa shape index (κ1) is 64.1. The van der Waals surface area contributed by atoms with Gasteiger partial charge in [0.15, 0.2) is 0 Å². The van der Waals surface area contributed by atoms with Crippen LogP contribution in [0, 0.1) is 11.8 Å². The van der Waals surface area contributed by atoms with E-state index in [0.29, 0.717) is 123 Å². The lowest BCUT2D eigenvalue weighted by molar-refractivity contribution is -0.143. The minimum absolute atomic E-state index is 0.0230. The van der Waals surface area contributed by atoms with Gasteiger partial charge in [0.2, 0.25) is 47.3 Å². The van der Waals surface area contributed by atoms with Crippen LogP contribution in [-0.2, 0) is 43.2 Å². The Morgan fingerprint density at radius 2 is 1.11 bits per heavy atom. The van der Waals surface area contributed by atoms with E-state index in [4.69, 9.17) is 22.9 Å². The zero-order valence-corrected chi connectivity index (χ0v) is 43.3. The van der Waals surface area contributed by atoms with Crippen molar-refractivity contribution in [2.75, 3.05) is 45.8 Å². The number of carboxylic acid groups (broad SMARTS) is 1. The molecule has 22 heteroatoms. The average molecular weight is 1010 g/mol. The summed E-state index contributed by atoms with van der Waals surface area (Å²) in [6, 6.07) is -6.41. The SMILES string of the molecule is CC(C)C[C@H](NC(=O)[C@H](CCCCN)NC(=O)CN1CCCCCCNC(=O)[C@H](C(C)C)NC(=O)CCCCC(=O)N[C@@H](CCCCN)C(=O)N[C@@H](CCCCN)C(=O)N[C@@H](CCCCN)C1=O)C(=O)O. The van der Waals surface area contributed by atoms with Gasteiger partial charge >= 0.3 is 5.97 Å². The molecule has 16 N–H and O–H groups in total. The Balaban J connectivity index is 3.69. The fourth-order valence-electron chi connectivity index (χ4n) is 8.17. The van der Waals surface area contributed by atoms with E-state index in [0.717, 1.165) is 0 Å². The number of carbonyl (C=O) groups excluding carboxylic acids is 8. The lowest BCUT2D eigenvalue weighted by Crippen LogP contribution is -2.58. The number of hydrogen-bond acceptors (Lipinski definition) is 13. The fraction of sp³-hybridized carbons (Fsp3) is 0.816. The van der Waals surface area contributed by atoms with Crippen LogP contribution in [0.4, 0.5) is 0 Å².